The van der Waals surface area contributed by atoms with Gasteiger partial charge < -0.3 is 0 Å². The quantitative estimate of drug-likeness (QED) is 0.210. The van der Waals surface area contributed by atoms with Crippen molar-refractivity contribution >= 4 is 10.8 Å². The summed E-state index contributed by atoms with van der Waals surface area (Å²) in [6.45, 7) is 14.1. The molecule has 1 aromatic heterocycles. The summed E-state index contributed by atoms with van der Waals surface area (Å²) in [5.41, 5.74) is 11.4. The zero-order chi connectivity index (χ0) is 25.1. The van der Waals surface area contributed by atoms with E-state index in [4.69, 9.17) is 1.37 Å². The van der Waals surface area contributed by atoms with Gasteiger partial charge in [-0.1, -0.05) is 76.1 Å². The fraction of sp³-hybridized carbons (Fsp3) is 0.303. The first-order chi connectivity index (χ1) is 16.6. The smallest absolute Gasteiger partial charge is 0.200 e. The molecule has 4 aromatic rings. The summed E-state index contributed by atoms with van der Waals surface area (Å²) in [5, 5.41) is 2.63. The van der Waals surface area contributed by atoms with Crippen molar-refractivity contribution in [1.29, 1.82) is 0 Å². The van der Waals surface area contributed by atoms with E-state index >= 15 is 0 Å². The van der Waals surface area contributed by atoms with Gasteiger partial charge in [-0.3, -0.25) is 0 Å². The van der Waals surface area contributed by atoms with E-state index in [1.807, 2.05) is 0 Å². The molecule has 3 aromatic carbocycles. The number of pyridine rings is 1. The Hall–Kier alpha value is -3.37. The van der Waals surface area contributed by atoms with Crippen LogP contribution in [0.1, 0.15) is 63.8 Å². The van der Waals surface area contributed by atoms with Crippen LogP contribution in [0.4, 0.5) is 0 Å². The van der Waals surface area contributed by atoms with Crippen molar-refractivity contribution in [3.8, 4) is 34.2 Å². The van der Waals surface area contributed by atoms with Crippen molar-refractivity contribution < 1.29 is 5.94 Å². The molecule has 1 aliphatic carbocycles. The number of aryl methyl sites for hydroxylation is 3. The Morgan fingerprint density at radius 1 is 0.824 bits per heavy atom. The summed E-state index contributed by atoms with van der Waals surface area (Å²) >= 11 is 0. The van der Waals surface area contributed by atoms with Gasteiger partial charge in [-0.05, 0) is 81.8 Å². The monoisotopic (exact) mass is 445 g/mol. The van der Waals surface area contributed by atoms with Crippen molar-refractivity contribution in [3.63, 3.8) is 0 Å². The second kappa shape index (κ2) is 7.57. The summed E-state index contributed by atoms with van der Waals surface area (Å²) < 4.78 is 9.54. The molecule has 0 N–H and O–H groups in total. The minimum Gasteiger partial charge on any atom is -0.200 e. The standard InChI is InChI=1S/C33H34N/c1-9-12-24-20-34(8)30(18-21(24)2)26-19-29-27(17-22(26)3)31-25-14-11-10-13-23(25)15-16-28(31)32(4,5)33(29,6)7/h10-11,13-20H,1-8H3/q+1/i1D. The van der Waals surface area contributed by atoms with Crippen LogP contribution >= 0.6 is 0 Å². The second-order valence-electron chi connectivity index (χ2n) is 10.8. The van der Waals surface area contributed by atoms with E-state index in [2.05, 4.69) is 126 Å². The molecule has 0 saturated carbocycles. The molecule has 0 aliphatic heterocycles. The first-order valence-electron chi connectivity index (χ1n) is 12.7. The zero-order valence-corrected chi connectivity index (χ0v) is 21.4. The molecular formula is C33H34N+. The number of aromatic nitrogens is 1. The molecule has 170 valence electrons. The highest BCUT2D eigenvalue weighted by atomic mass is 14.9. The summed E-state index contributed by atoms with van der Waals surface area (Å²) in [5.74, 6) is 6.03. The third kappa shape index (κ3) is 3.05. The maximum absolute atomic E-state index is 7.36. The Labute approximate surface area is 205 Å². The summed E-state index contributed by atoms with van der Waals surface area (Å²) in [7, 11) is 2.09. The van der Waals surface area contributed by atoms with Gasteiger partial charge in [0.05, 0.1) is 5.56 Å². The molecule has 0 radical (unpaired) electrons. The van der Waals surface area contributed by atoms with Gasteiger partial charge in [-0.15, -0.1) is 5.92 Å². The normalized spacial score (nSPS) is 15.7. The van der Waals surface area contributed by atoms with Crippen molar-refractivity contribution in [3.05, 3.63) is 88.6 Å². The Morgan fingerprint density at radius 3 is 2.32 bits per heavy atom. The molecule has 1 aliphatic rings. The Bertz CT molecular complexity index is 1560. The Balaban J connectivity index is 1.81. The van der Waals surface area contributed by atoms with Crippen LogP contribution in [0.25, 0.3) is 33.2 Å². The fourth-order valence-electron chi connectivity index (χ4n) is 5.71. The van der Waals surface area contributed by atoms with Gasteiger partial charge in [0.1, 0.15) is 7.05 Å². The highest BCUT2D eigenvalue weighted by Crippen LogP contribution is 2.56. The summed E-state index contributed by atoms with van der Waals surface area (Å²) in [6.07, 6.45) is 2.10. The Morgan fingerprint density at radius 2 is 1.56 bits per heavy atom. The predicted molar refractivity (Wildman–Crippen MR) is 144 cm³/mol. The van der Waals surface area contributed by atoms with Crippen LogP contribution in [0.5, 0.6) is 0 Å². The van der Waals surface area contributed by atoms with Gasteiger partial charge in [0.25, 0.3) is 0 Å². The third-order valence-corrected chi connectivity index (χ3v) is 8.45. The fourth-order valence-corrected chi connectivity index (χ4v) is 5.71. The van der Waals surface area contributed by atoms with Crippen LogP contribution in [0, 0.1) is 25.7 Å². The lowest BCUT2D eigenvalue weighted by Crippen LogP contribution is -2.43. The van der Waals surface area contributed by atoms with E-state index in [9.17, 15) is 0 Å². The summed E-state index contributed by atoms with van der Waals surface area (Å²) in [6, 6.07) is 20.5. The molecule has 0 amide bonds. The van der Waals surface area contributed by atoms with Gasteiger partial charge in [-0.25, -0.2) is 0 Å². The first kappa shape index (κ1) is 21.2. The van der Waals surface area contributed by atoms with Crippen LogP contribution < -0.4 is 4.57 Å². The number of hydrogen-bond acceptors (Lipinski definition) is 0. The van der Waals surface area contributed by atoms with E-state index in [1.165, 1.54) is 49.8 Å². The first-order valence-corrected chi connectivity index (χ1v) is 12.0. The number of benzene rings is 3. The van der Waals surface area contributed by atoms with Crippen LogP contribution in [0.15, 0.2) is 60.8 Å². The van der Waals surface area contributed by atoms with E-state index in [-0.39, 0.29) is 17.7 Å². The average molecular weight is 446 g/mol. The van der Waals surface area contributed by atoms with Crippen LogP contribution in [-0.2, 0) is 17.9 Å². The highest BCUT2D eigenvalue weighted by molar-refractivity contribution is 6.01. The molecule has 0 bridgehead atoms. The molecule has 0 saturated heterocycles. The Kier molecular flexibility index (Phi) is 4.72. The molecule has 1 heteroatoms. The van der Waals surface area contributed by atoms with Crippen molar-refractivity contribution in [2.45, 2.75) is 59.3 Å². The van der Waals surface area contributed by atoms with Crippen molar-refractivity contribution in [2.75, 3.05) is 0 Å². The number of hydrogen-bond donors (Lipinski definition) is 0. The van der Waals surface area contributed by atoms with E-state index in [0.29, 0.717) is 0 Å². The zero-order valence-electron chi connectivity index (χ0n) is 22.4. The lowest BCUT2D eigenvalue weighted by molar-refractivity contribution is -0.660. The van der Waals surface area contributed by atoms with Gasteiger partial charge in [0.15, 0.2) is 6.20 Å². The number of fused-ring (bicyclic) bond motifs is 5. The summed E-state index contributed by atoms with van der Waals surface area (Å²) in [4.78, 5) is 0. The van der Waals surface area contributed by atoms with E-state index < -0.39 is 0 Å². The molecule has 0 atom stereocenters. The minimum absolute atomic E-state index is 0.0281. The van der Waals surface area contributed by atoms with E-state index in [1.54, 1.807) is 0 Å². The molecule has 1 nitrogen and oxygen atoms in total. The van der Waals surface area contributed by atoms with Crippen LogP contribution in [-0.4, -0.2) is 0 Å². The van der Waals surface area contributed by atoms with E-state index in [0.717, 1.165) is 11.1 Å². The van der Waals surface area contributed by atoms with Gasteiger partial charge >= 0.3 is 0 Å². The SMILES string of the molecule is [2H]CC#Cc1c[n+](C)c(-c2cc3c(cc2C)-c2c(ccc4ccccc24)C(C)(C)C3(C)C)cc1C. The lowest BCUT2D eigenvalue weighted by Gasteiger charge is -2.49. The van der Waals surface area contributed by atoms with Gasteiger partial charge in [0, 0.05) is 13.0 Å². The minimum atomic E-state index is -0.0482. The molecule has 0 unspecified atom stereocenters. The molecule has 34 heavy (non-hydrogen) atoms. The predicted octanol–water partition coefficient (Wildman–Crippen LogP) is 7.56. The van der Waals surface area contributed by atoms with Crippen molar-refractivity contribution in [2.24, 2.45) is 7.05 Å². The van der Waals surface area contributed by atoms with Gasteiger partial charge in [-0.2, -0.15) is 4.57 Å². The largest absolute Gasteiger partial charge is 0.212 e. The lowest BCUT2D eigenvalue weighted by atomic mass is 9.54. The van der Waals surface area contributed by atoms with Crippen LogP contribution in [0.2, 0.25) is 0 Å². The maximum Gasteiger partial charge on any atom is 0.212 e. The second-order valence-corrected chi connectivity index (χ2v) is 10.8. The number of nitrogens with zero attached hydrogens (tertiary/aromatic N) is 1. The molecular weight excluding hydrogens is 410 g/mol. The third-order valence-electron chi connectivity index (χ3n) is 8.45. The van der Waals surface area contributed by atoms with Gasteiger partial charge in [0.2, 0.25) is 5.69 Å². The average Bonchev–Trinajstić information content (AvgIpc) is 2.82. The topological polar surface area (TPSA) is 3.88 Å². The van der Waals surface area contributed by atoms with Crippen molar-refractivity contribution in [1.82, 2.24) is 0 Å². The molecule has 0 fully saturated rings. The molecule has 0 spiro atoms. The highest BCUT2D eigenvalue weighted by Gasteiger charge is 2.46. The maximum atomic E-state index is 7.36. The number of rotatable bonds is 1. The molecule has 5 rings (SSSR count). The molecule has 1 heterocycles. The van der Waals surface area contributed by atoms with Crippen LogP contribution in [0.3, 0.4) is 0 Å².